The van der Waals surface area contributed by atoms with Crippen LogP contribution in [0.2, 0.25) is 0 Å². The van der Waals surface area contributed by atoms with Crippen LogP contribution in [0.3, 0.4) is 0 Å². The third kappa shape index (κ3) is 3.94. The molecule has 2 nitrogen and oxygen atoms in total. The normalized spacial score (nSPS) is 11.2. The highest BCUT2D eigenvalue weighted by molar-refractivity contribution is 7.79. The van der Waals surface area contributed by atoms with Crippen LogP contribution >= 0.6 is 7.92 Å². The van der Waals surface area contributed by atoms with Gasteiger partial charge in [-0.1, -0.05) is 109 Å². The molecule has 3 heteroatoms. The van der Waals surface area contributed by atoms with Crippen LogP contribution in [0, 0.1) is 0 Å². The van der Waals surface area contributed by atoms with E-state index in [9.17, 15) is 0 Å². The predicted molar refractivity (Wildman–Crippen MR) is 146 cm³/mol. The van der Waals surface area contributed by atoms with Gasteiger partial charge in [-0.3, -0.25) is 0 Å². The molecule has 0 atom stereocenters. The van der Waals surface area contributed by atoms with E-state index >= 15 is 0 Å². The molecule has 6 aromatic rings. The topological polar surface area (TPSA) is 28.7 Å². The highest BCUT2D eigenvalue weighted by atomic mass is 31.1. The Morgan fingerprint density at radius 2 is 1.12 bits per heavy atom. The second-order valence-electron chi connectivity index (χ2n) is 8.20. The smallest absolute Gasteiger partial charge is 0.0716 e. The number of hydrogen-bond acceptors (Lipinski definition) is 1. The van der Waals surface area contributed by atoms with Gasteiger partial charge in [-0.05, 0) is 34.9 Å². The first-order valence-corrected chi connectivity index (χ1v) is 12.8. The molecular weight excluding hydrogens is 431 g/mol. The van der Waals surface area contributed by atoms with Crippen molar-refractivity contribution < 1.29 is 0 Å². The molecule has 0 saturated carbocycles. The summed E-state index contributed by atoms with van der Waals surface area (Å²) < 4.78 is 0. The van der Waals surface area contributed by atoms with Gasteiger partial charge in [0.05, 0.1) is 11.2 Å². The number of para-hydroxylation sites is 1. The van der Waals surface area contributed by atoms with Crippen molar-refractivity contribution in [2.24, 2.45) is 0 Å². The Kier molecular flexibility index (Phi) is 5.51. The van der Waals surface area contributed by atoms with Gasteiger partial charge in [0.25, 0.3) is 0 Å². The maximum absolute atomic E-state index is 4.96. The fourth-order valence-electron chi connectivity index (χ4n) is 4.41. The standard InChI is InChI=1S/C31H23N2P/c1-3-12-24(13-4-1)34(25-14-5-2-6-15-25)31-22-21-30(33-31)27-17-9-8-16-26(27)29-20-19-23-11-7-10-18-28(23)32-29/h1-22,33H. The summed E-state index contributed by atoms with van der Waals surface area (Å²) in [6.07, 6.45) is 0. The summed E-state index contributed by atoms with van der Waals surface area (Å²) in [6.45, 7) is 0. The molecule has 162 valence electrons. The third-order valence-electron chi connectivity index (χ3n) is 6.03. The lowest BCUT2D eigenvalue weighted by Crippen LogP contribution is -2.21. The number of rotatable bonds is 5. The van der Waals surface area contributed by atoms with Gasteiger partial charge in [-0.25, -0.2) is 4.98 Å². The Morgan fingerprint density at radius 1 is 0.500 bits per heavy atom. The number of aromatic nitrogens is 2. The van der Waals surface area contributed by atoms with E-state index in [1.165, 1.54) is 16.0 Å². The number of nitrogens with one attached hydrogen (secondary N) is 1. The molecule has 2 aromatic heterocycles. The molecule has 0 aliphatic rings. The SMILES string of the molecule is c1ccc(P(c2ccccc2)c2ccc(-c3ccccc3-c3ccc4ccccc4n3)[nH]2)cc1. The summed E-state index contributed by atoms with van der Waals surface area (Å²) >= 11 is 0. The van der Waals surface area contributed by atoms with E-state index in [-0.39, 0.29) is 0 Å². The second kappa shape index (κ2) is 9.09. The molecule has 0 unspecified atom stereocenters. The van der Waals surface area contributed by atoms with Gasteiger partial charge < -0.3 is 4.98 Å². The Morgan fingerprint density at radius 3 is 1.85 bits per heavy atom. The van der Waals surface area contributed by atoms with Gasteiger partial charge in [-0.15, -0.1) is 0 Å². The second-order valence-corrected chi connectivity index (χ2v) is 10.4. The van der Waals surface area contributed by atoms with Gasteiger partial charge in [0, 0.05) is 35.6 Å². The van der Waals surface area contributed by atoms with Crippen molar-refractivity contribution in [3.8, 4) is 22.5 Å². The van der Waals surface area contributed by atoms with Crippen molar-refractivity contribution in [2.45, 2.75) is 0 Å². The van der Waals surface area contributed by atoms with Crippen LogP contribution in [-0.2, 0) is 0 Å². The van der Waals surface area contributed by atoms with Crippen molar-refractivity contribution in [1.82, 2.24) is 9.97 Å². The van der Waals surface area contributed by atoms with Crippen molar-refractivity contribution in [2.75, 3.05) is 0 Å². The van der Waals surface area contributed by atoms with Crippen LogP contribution in [-0.4, -0.2) is 9.97 Å². The van der Waals surface area contributed by atoms with E-state index in [1.54, 1.807) is 0 Å². The van der Waals surface area contributed by atoms with Gasteiger partial charge in [0.1, 0.15) is 0 Å². The Labute approximate surface area is 200 Å². The lowest BCUT2D eigenvalue weighted by atomic mass is 10.0. The van der Waals surface area contributed by atoms with Crippen LogP contribution in [0.5, 0.6) is 0 Å². The minimum atomic E-state index is -0.674. The molecule has 1 N–H and O–H groups in total. The van der Waals surface area contributed by atoms with E-state index in [1.807, 2.05) is 6.07 Å². The summed E-state index contributed by atoms with van der Waals surface area (Å²) in [4.78, 5) is 8.73. The largest absolute Gasteiger partial charge is 0.354 e. The molecule has 0 radical (unpaired) electrons. The molecule has 0 spiro atoms. The van der Waals surface area contributed by atoms with Crippen molar-refractivity contribution >= 4 is 34.9 Å². The summed E-state index contributed by atoms with van der Waals surface area (Å²) in [7, 11) is -0.674. The molecule has 0 saturated heterocycles. The van der Waals surface area contributed by atoms with Crippen LogP contribution < -0.4 is 16.0 Å². The molecule has 2 heterocycles. The van der Waals surface area contributed by atoms with E-state index in [2.05, 4.69) is 132 Å². The Hall–Kier alpha value is -4.00. The number of pyridine rings is 1. The number of H-pyrrole nitrogens is 1. The molecule has 0 fully saturated rings. The van der Waals surface area contributed by atoms with Crippen molar-refractivity contribution in [3.63, 3.8) is 0 Å². The molecule has 0 aliphatic heterocycles. The van der Waals surface area contributed by atoms with Crippen LogP contribution in [0.15, 0.2) is 133 Å². The first kappa shape index (κ1) is 20.6. The Balaban J connectivity index is 1.45. The molecule has 6 rings (SSSR count). The molecular formula is C31H23N2P. The van der Waals surface area contributed by atoms with E-state index in [0.29, 0.717) is 0 Å². The van der Waals surface area contributed by atoms with Gasteiger partial charge in [0.15, 0.2) is 0 Å². The van der Waals surface area contributed by atoms with E-state index in [0.717, 1.165) is 33.4 Å². The average molecular weight is 455 g/mol. The minimum absolute atomic E-state index is 0.674. The van der Waals surface area contributed by atoms with Crippen LogP contribution in [0.4, 0.5) is 0 Å². The third-order valence-corrected chi connectivity index (χ3v) is 8.40. The van der Waals surface area contributed by atoms with Gasteiger partial charge in [-0.2, -0.15) is 0 Å². The number of fused-ring (bicyclic) bond motifs is 1. The summed E-state index contributed by atoms with van der Waals surface area (Å²) in [5.74, 6) is 0. The average Bonchev–Trinajstić information content (AvgIpc) is 3.39. The number of aromatic amines is 1. The van der Waals surface area contributed by atoms with E-state index < -0.39 is 7.92 Å². The maximum Gasteiger partial charge on any atom is 0.0716 e. The quantitative estimate of drug-likeness (QED) is 0.290. The number of hydrogen-bond donors (Lipinski definition) is 1. The van der Waals surface area contributed by atoms with Gasteiger partial charge >= 0.3 is 0 Å². The van der Waals surface area contributed by atoms with Crippen LogP contribution in [0.1, 0.15) is 0 Å². The zero-order valence-corrected chi connectivity index (χ0v) is 19.5. The van der Waals surface area contributed by atoms with Gasteiger partial charge in [0.2, 0.25) is 0 Å². The first-order valence-electron chi connectivity index (χ1n) is 11.4. The molecule has 0 bridgehead atoms. The molecule has 4 aromatic carbocycles. The highest BCUT2D eigenvalue weighted by Crippen LogP contribution is 2.35. The van der Waals surface area contributed by atoms with Crippen molar-refractivity contribution in [1.29, 1.82) is 0 Å². The fraction of sp³-hybridized carbons (Fsp3) is 0. The number of benzene rings is 4. The summed E-state index contributed by atoms with van der Waals surface area (Å²) in [5, 5.41) is 3.82. The number of nitrogens with zero attached hydrogens (tertiary/aromatic N) is 1. The van der Waals surface area contributed by atoms with Crippen LogP contribution in [0.25, 0.3) is 33.4 Å². The van der Waals surface area contributed by atoms with Crippen molar-refractivity contribution in [3.05, 3.63) is 133 Å². The highest BCUT2D eigenvalue weighted by Gasteiger charge is 2.19. The summed E-state index contributed by atoms with van der Waals surface area (Å²) in [6, 6.07) is 47.1. The predicted octanol–water partition coefficient (Wildman–Crippen LogP) is 6.66. The first-order chi connectivity index (χ1) is 16.9. The zero-order valence-electron chi connectivity index (χ0n) is 18.6. The Bertz CT molecular complexity index is 1520. The fourth-order valence-corrected chi connectivity index (χ4v) is 6.66. The zero-order chi connectivity index (χ0) is 22.7. The monoisotopic (exact) mass is 454 g/mol. The molecule has 0 amide bonds. The molecule has 34 heavy (non-hydrogen) atoms. The maximum atomic E-state index is 4.96. The van der Waals surface area contributed by atoms with E-state index in [4.69, 9.17) is 4.98 Å². The lowest BCUT2D eigenvalue weighted by Gasteiger charge is -2.17. The lowest BCUT2D eigenvalue weighted by molar-refractivity contribution is 1.38. The molecule has 0 aliphatic carbocycles. The minimum Gasteiger partial charge on any atom is -0.354 e. The summed E-state index contributed by atoms with van der Waals surface area (Å²) in [5.41, 5.74) is 6.64.